The number of nitrogens with zero attached hydrogens (tertiary/aromatic N) is 4. The van der Waals surface area contributed by atoms with E-state index in [0.717, 1.165) is 68.2 Å². The van der Waals surface area contributed by atoms with Crippen molar-refractivity contribution in [3.63, 3.8) is 0 Å². The summed E-state index contributed by atoms with van der Waals surface area (Å²) in [7, 11) is 0. The van der Waals surface area contributed by atoms with Crippen molar-refractivity contribution < 1.29 is 9.53 Å². The van der Waals surface area contributed by atoms with Crippen LogP contribution in [0.5, 0.6) is 0 Å². The van der Waals surface area contributed by atoms with E-state index in [1.807, 2.05) is 24.4 Å². The number of fused-ring (bicyclic) bond motifs is 1. The molecule has 4 rings (SSSR count). The van der Waals surface area contributed by atoms with Gasteiger partial charge in [-0.05, 0) is 18.2 Å². The molecule has 0 aromatic carbocycles. The lowest BCUT2D eigenvalue weighted by atomic mass is 10.1. The number of aldehydes is 1. The molecule has 1 unspecified atom stereocenters. The van der Waals surface area contributed by atoms with Gasteiger partial charge >= 0.3 is 0 Å². The summed E-state index contributed by atoms with van der Waals surface area (Å²) in [5, 5.41) is 0.632. The highest BCUT2D eigenvalue weighted by molar-refractivity contribution is 6.30. The van der Waals surface area contributed by atoms with Crippen molar-refractivity contribution in [3.05, 3.63) is 52.6 Å². The van der Waals surface area contributed by atoms with E-state index in [1.54, 1.807) is 6.20 Å². The summed E-state index contributed by atoms with van der Waals surface area (Å²) in [5.74, 6) is 0. The van der Waals surface area contributed by atoms with E-state index < -0.39 is 0 Å². The first kappa shape index (κ1) is 17.4. The number of aromatic nitrogens is 2. The summed E-state index contributed by atoms with van der Waals surface area (Å²) in [5.41, 5.74) is 4.13. The zero-order chi connectivity index (χ0) is 17.9. The predicted octanol–water partition coefficient (Wildman–Crippen LogP) is 2.26. The normalized spacial score (nSPS) is 20.2. The molecule has 7 heteroatoms. The monoisotopic (exact) mass is 372 g/mol. The molecule has 0 radical (unpaired) electrons. The van der Waals surface area contributed by atoms with Crippen LogP contribution in [0.2, 0.25) is 5.02 Å². The second-order valence-corrected chi connectivity index (χ2v) is 7.00. The Hall–Kier alpha value is -2.02. The topological polar surface area (TPSA) is 58.6 Å². The molecule has 1 saturated heterocycles. The van der Waals surface area contributed by atoms with Crippen LogP contribution in [0.4, 0.5) is 5.69 Å². The van der Waals surface area contributed by atoms with Gasteiger partial charge in [0.2, 0.25) is 0 Å². The first-order valence-corrected chi connectivity index (χ1v) is 9.24. The lowest BCUT2D eigenvalue weighted by Crippen LogP contribution is -2.37. The van der Waals surface area contributed by atoms with Crippen molar-refractivity contribution in [1.29, 1.82) is 0 Å². The van der Waals surface area contributed by atoms with Crippen LogP contribution in [-0.4, -0.2) is 54.0 Å². The van der Waals surface area contributed by atoms with Gasteiger partial charge in [0.25, 0.3) is 0 Å². The third kappa shape index (κ3) is 3.45. The summed E-state index contributed by atoms with van der Waals surface area (Å²) in [4.78, 5) is 25.3. The van der Waals surface area contributed by atoms with Crippen LogP contribution in [-0.2, 0) is 22.5 Å². The summed E-state index contributed by atoms with van der Waals surface area (Å²) < 4.78 is 5.46. The third-order valence-corrected chi connectivity index (χ3v) is 5.24. The van der Waals surface area contributed by atoms with Crippen LogP contribution in [0.1, 0.15) is 23.0 Å². The molecule has 1 fully saturated rings. The number of halogens is 1. The maximum absolute atomic E-state index is 11.9. The second-order valence-electron chi connectivity index (χ2n) is 6.56. The van der Waals surface area contributed by atoms with Crippen LogP contribution in [0.15, 0.2) is 30.6 Å². The molecule has 0 amide bonds. The highest BCUT2D eigenvalue weighted by Gasteiger charge is 2.34. The molecule has 26 heavy (non-hydrogen) atoms. The number of ether oxygens (including phenoxy) is 1. The standard InChI is InChI=1S/C19H21ClN4O2/c20-14-1-2-15(22-11-14)4-6-24-12-16-19(18(24)13-25)17(3-5-21-16)23-7-9-26-10-8-23/h1-3,5,11,13,18H,4,6-10,12H2. The molecule has 0 spiro atoms. The van der Waals surface area contributed by atoms with Crippen molar-refractivity contribution >= 4 is 23.6 Å². The fourth-order valence-electron chi connectivity index (χ4n) is 3.69. The van der Waals surface area contributed by atoms with Crippen molar-refractivity contribution in [1.82, 2.24) is 14.9 Å². The molecule has 0 bridgehead atoms. The molecule has 2 aliphatic rings. The summed E-state index contributed by atoms with van der Waals surface area (Å²) in [6.07, 6.45) is 5.30. The highest BCUT2D eigenvalue weighted by atomic mass is 35.5. The Morgan fingerprint density at radius 3 is 2.81 bits per heavy atom. The van der Waals surface area contributed by atoms with Gasteiger partial charge in [-0.25, -0.2) is 0 Å². The molecule has 0 aliphatic carbocycles. The highest BCUT2D eigenvalue weighted by Crippen LogP contribution is 2.38. The zero-order valence-electron chi connectivity index (χ0n) is 14.5. The van der Waals surface area contributed by atoms with Crippen LogP contribution in [0.25, 0.3) is 0 Å². The van der Waals surface area contributed by atoms with Gasteiger partial charge < -0.3 is 14.4 Å². The van der Waals surface area contributed by atoms with Crippen LogP contribution < -0.4 is 4.90 Å². The van der Waals surface area contributed by atoms with E-state index >= 15 is 0 Å². The largest absolute Gasteiger partial charge is 0.378 e. The number of hydrogen-bond acceptors (Lipinski definition) is 6. The minimum atomic E-state index is -0.260. The van der Waals surface area contributed by atoms with Crippen molar-refractivity contribution in [2.24, 2.45) is 0 Å². The van der Waals surface area contributed by atoms with E-state index in [2.05, 4.69) is 19.8 Å². The van der Waals surface area contributed by atoms with E-state index in [9.17, 15) is 4.79 Å². The molecule has 4 heterocycles. The van der Waals surface area contributed by atoms with Gasteiger partial charge in [-0.15, -0.1) is 0 Å². The minimum absolute atomic E-state index is 0.260. The number of morpholine rings is 1. The van der Waals surface area contributed by atoms with E-state index in [1.165, 1.54) is 0 Å². The minimum Gasteiger partial charge on any atom is -0.378 e. The molecule has 0 saturated carbocycles. The Labute approximate surface area is 157 Å². The smallest absolute Gasteiger partial charge is 0.141 e. The quantitative estimate of drug-likeness (QED) is 0.750. The average Bonchev–Trinajstić information content (AvgIpc) is 3.06. The molecular weight excluding hydrogens is 352 g/mol. The Morgan fingerprint density at radius 1 is 1.23 bits per heavy atom. The van der Waals surface area contributed by atoms with Crippen molar-refractivity contribution in [2.75, 3.05) is 37.7 Å². The van der Waals surface area contributed by atoms with Gasteiger partial charge in [-0.2, -0.15) is 0 Å². The molecule has 6 nitrogen and oxygen atoms in total. The Kier molecular flexibility index (Phi) is 5.15. The fraction of sp³-hybridized carbons (Fsp3) is 0.421. The van der Waals surface area contributed by atoms with Gasteiger partial charge in [-0.1, -0.05) is 11.6 Å². The Balaban J connectivity index is 1.53. The van der Waals surface area contributed by atoms with E-state index in [0.29, 0.717) is 11.6 Å². The van der Waals surface area contributed by atoms with Gasteiger partial charge in [0, 0.05) is 61.9 Å². The lowest BCUT2D eigenvalue weighted by Gasteiger charge is -2.31. The number of carbonyl (C=O) groups is 1. The van der Waals surface area contributed by atoms with E-state index in [-0.39, 0.29) is 6.04 Å². The third-order valence-electron chi connectivity index (χ3n) is 5.02. The molecule has 2 aromatic heterocycles. The molecular formula is C19H21ClN4O2. The lowest BCUT2D eigenvalue weighted by molar-refractivity contribution is -0.112. The van der Waals surface area contributed by atoms with Gasteiger partial charge in [0.1, 0.15) is 6.29 Å². The number of rotatable bonds is 5. The second kappa shape index (κ2) is 7.70. The maximum atomic E-state index is 11.9. The summed E-state index contributed by atoms with van der Waals surface area (Å²) in [6.45, 7) is 4.55. The maximum Gasteiger partial charge on any atom is 0.141 e. The van der Waals surface area contributed by atoms with Crippen molar-refractivity contribution in [2.45, 2.75) is 19.0 Å². The van der Waals surface area contributed by atoms with Crippen molar-refractivity contribution in [3.8, 4) is 0 Å². The van der Waals surface area contributed by atoms with Crippen LogP contribution >= 0.6 is 11.6 Å². The van der Waals surface area contributed by atoms with Gasteiger partial charge in [0.05, 0.1) is 30.0 Å². The molecule has 2 aromatic rings. The summed E-state index contributed by atoms with van der Waals surface area (Å²) in [6, 6.07) is 5.53. The molecule has 1 atom stereocenters. The number of carbonyl (C=O) groups excluding carboxylic acids is 1. The van der Waals surface area contributed by atoms with E-state index in [4.69, 9.17) is 16.3 Å². The first-order valence-electron chi connectivity index (χ1n) is 8.86. The van der Waals surface area contributed by atoms with Gasteiger partial charge in [0.15, 0.2) is 0 Å². The Bertz CT molecular complexity index is 778. The fourth-order valence-corrected chi connectivity index (χ4v) is 3.80. The van der Waals surface area contributed by atoms with Crippen LogP contribution in [0, 0.1) is 0 Å². The van der Waals surface area contributed by atoms with Gasteiger partial charge in [-0.3, -0.25) is 14.9 Å². The zero-order valence-corrected chi connectivity index (χ0v) is 15.2. The number of pyridine rings is 2. The SMILES string of the molecule is O=CC1c2c(N3CCOCC3)ccnc2CN1CCc1ccc(Cl)cn1. The first-order chi connectivity index (χ1) is 12.8. The average molecular weight is 373 g/mol. The number of hydrogen-bond donors (Lipinski definition) is 0. The van der Waals surface area contributed by atoms with Crippen LogP contribution in [0.3, 0.4) is 0 Å². The predicted molar refractivity (Wildman–Crippen MR) is 99.4 cm³/mol. The molecule has 2 aliphatic heterocycles. The summed E-state index contributed by atoms with van der Waals surface area (Å²) >= 11 is 5.90. The number of anilines is 1. The Morgan fingerprint density at radius 2 is 2.08 bits per heavy atom. The molecule has 136 valence electrons. The molecule has 0 N–H and O–H groups in total.